The molecule has 0 aliphatic carbocycles. The lowest BCUT2D eigenvalue weighted by Gasteiger charge is -2.34. The van der Waals surface area contributed by atoms with Gasteiger partial charge in [0.25, 0.3) is 0 Å². The maximum Gasteiger partial charge on any atom is 0.209 e. The van der Waals surface area contributed by atoms with Crippen molar-refractivity contribution < 1.29 is 4.79 Å². The van der Waals surface area contributed by atoms with Crippen LogP contribution in [0.4, 0.5) is 5.69 Å². The number of para-hydroxylation sites is 1. The summed E-state index contributed by atoms with van der Waals surface area (Å²) >= 11 is 5.55. The maximum absolute atomic E-state index is 10.8. The molecule has 1 aliphatic rings. The van der Waals surface area contributed by atoms with Gasteiger partial charge in [-0.2, -0.15) is 0 Å². The molecule has 5 heteroatoms. The fourth-order valence-corrected chi connectivity index (χ4v) is 2.98. The second kappa shape index (κ2) is 7.24. The van der Waals surface area contributed by atoms with Crippen LogP contribution in [0.15, 0.2) is 54.6 Å². The zero-order valence-corrected chi connectivity index (χ0v) is 13.6. The van der Waals surface area contributed by atoms with Crippen molar-refractivity contribution in [3.05, 3.63) is 54.6 Å². The molecule has 0 unspecified atom stereocenters. The highest BCUT2D eigenvalue weighted by Gasteiger charge is 2.18. The lowest BCUT2D eigenvalue weighted by atomic mass is 10.0. The molecule has 0 bridgehead atoms. The monoisotopic (exact) mass is 325 g/mol. The van der Waals surface area contributed by atoms with Gasteiger partial charge < -0.3 is 15.1 Å². The predicted octanol–water partition coefficient (Wildman–Crippen LogP) is 2.82. The van der Waals surface area contributed by atoms with E-state index in [1.54, 1.807) is 4.90 Å². The summed E-state index contributed by atoms with van der Waals surface area (Å²) in [6, 6.07) is 18.4. The molecule has 0 radical (unpaired) electrons. The smallest absolute Gasteiger partial charge is 0.209 e. The topological polar surface area (TPSA) is 35.6 Å². The van der Waals surface area contributed by atoms with Crippen molar-refractivity contribution in [3.8, 4) is 11.1 Å². The molecule has 2 aromatic rings. The molecule has 1 fully saturated rings. The number of carbonyl (C=O) groups is 1. The van der Waals surface area contributed by atoms with Crippen molar-refractivity contribution in [2.24, 2.45) is 0 Å². The highest BCUT2D eigenvalue weighted by molar-refractivity contribution is 7.80. The second-order valence-corrected chi connectivity index (χ2v) is 5.86. The molecule has 1 N–H and O–H groups in total. The molecule has 0 saturated carbocycles. The zero-order chi connectivity index (χ0) is 16.1. The van der Waals surface area contributed by atoms with Crippen LogP contribution in [0.25, 0.3) is 11.1 Å². The second-order valence-electron chi connectivity index (χ2n) is 5.47. The number of benzene rings is 2. The summed E-state index contributed by atoms with van der Waals surface area (Å²) in [4.78, 5) is 14.7. The Morgan fingerprint density at radius 2 is 1.61 bits per heavy atom. The van der Waals surface area contributed by atoms with Crippen LogP contribution in [0.1, 0.15) is 0 Å². The number of anilines is 1. The molecule has 1 amide bonds. The molecular formula is C18H19N3OS. The van der Waals surface area contributed by atoms with Gasteiger partial charge in [0.2, 0.25) is 6.41 Å². The highest BCUT2D eigenvalue weighted by Crippen LogP contribution is 2.27. The molecule has 1 heterocycles. The number of nitrogens with one attached hydrogen (secondary N) is 1. The average molecular weight is 325 g/mol. The summed E-state index contributed by atoms with van der Waals surface area (Å²) in [5.74, 6) is 0. The fourth-order valence-electron chi connectivity index (χ4n) is 2.69. The number of carbonyl (C=O) groups excluding carboxylic acids is 1. The standard InChI is InChI=1S/C18H19N3OS/c22-14-20-10-12-21(13-11-20)18(23)19-17-9-5-4-8-16(17)15-6-2-1-3-7-15/h1-9,14H,10-13H2,(H,19,23). The van der Waals surface area contributed by atoms with Gasteiger partial charge in [-0.3, -0.25) is 4.79 Å². The fraction of sp³-hybridized carbons (Fsp3) is 0.222. The number of rotatable bonds is 3. The van der Waals surface area contributed by atoms with Gasteiger partial charge in [-0.05, 0) is 23.8 Å². The minimum Gasteiger partial charge on any atom is -0.345 e. The molecule has 118 valence electrons. The maximum atomic E-state index is 10.8. The van der Waals surface area contributed by atoms with Crippen molar-refractivity contribution in [1.82, 2.24) is 9.80 Å². The van der Waals surface area contributed by atoms with E-state index >= 15 is 0 Å². The molecule has 0 atom stereocenters. The van der Waals surface area contributed by atoms with Crippen molar-refractivity contribution in [1.29, 1.82) is 0 Å². The Morgan fingerprint density at radius 3 is 2.30 bits per heavy atom. The third-order valence-electron chi connectivity index (χ3n) is 4.00. The van der Waals surface area contributed by atoms with E-state index in [9.17, 15) is 4.79 Å². The van der Waals surface area contributed by atoms with E-state index in [1.807, 2.05) is 36.4 Å². The average Bonchev–Trinajstić information content (AvgIpc) is 2.63. The highest BCUT2D eigenvalue weighted by atomic mass is 32.1. The Bertz CT molecular complexity index is 682. The van der Waals surface area contributed by atoms with E-state index in [0.29, 0.717) is 18.2 Å². The SMILES string of the molecule is O=CN1CCN(C(=S)Nc2ccccc2-c2ccccc2)CC1. The normalized spacial score (nSPS) is 14.4. The van der Waals surface area contributed by atoms with E-state index in [-0.39, 0.29) is 0 Å². The first-order valence-corrected chi connectivity index (χ1v) is 8.08. The van der Waals surface area contributed by atoms with Crippen LogP contribution in [0.2, 0.25) is 0 Å². The van der Waals surface area contributed by atoms with Crippen molar-refractivity contribution in [2.45, 2.75) is 0 Å². The van der Waals surface area contributed by atoms with Gasteiger partial charge in [0.1, 0.15) is 0 Å². The first kappa shape index (κ1) is 15.5. The number of piperazine rings is 1. The minimum atomic E-state index is 0.707. The van der Waals surface area contributed by atoms with Gasteiger partial charge in [-0.25, -0.2) is 0 Å². The Kier molecular flexibility index (Phi) is 4.88. The van der Waals surface area contributed by atoms with Gasteiger partial charge >= 0.3 is 0 Å². The first-order valence-electron chi connectivity index (χ1n) is 7.67. The number of amides is 1. The van der Waals surface area contributed by atoms with Gasteiger partial charge in [0.15, 0.2) is 5.11 Å². The molecule has 0 spiro atoms. The number of hydrogen-bond acceptors (Lipinski definition) is 2. The van der Waals surface area contributed by atoms with Crippen LogP contribution in [0.5, 0.6) is 0 Å². The van der Waals surface area contributed by atoms with Gasteiger partial charge in [0, 0.05) is 37.4 Å². The molecule has 23 heavy (non-hydrogen) atoms. The molecule has 1 saturated heterocycles. The van der Waals surface area contributed by atoms with E-state index < -0.39 is 0 Å². The molecule has 0 aromatic heterocycles. The van der Waals surface area contributed by atoms with E-state index in [4.69, 9.17) is 12.2 Å². The van der Waals surface area contributed by atoms with Crippen LogP contribution >= 0.6 is 12.2 Å². The Morgan fingerprint density at radius 1 is 0.957 bits per heavy atom. The van der Waals surface area contributed by atoms with Crippen LogP contribution in [-0.2, 0) is 4.79 Å². The summed E-state index contributed by atoms with van der Waals surface area (Å²) < 4.78 is 0. The summed E-state index contributed by atoms with van der Waals surface area (Å²) in [6.07, 6.45) is 0.901. The molecular weight excluding hydrogens is 306 g/mol. The largest absolute Gasteiger partial charge is 0.345 e. The molecule has 4 nitrogen and oxygen atoms in total. The molecule has 1 aliphatic heterocycles. The summed E-state index contributed by atoms with van der Waals surface area (Å²) in [5.41, 5.74) is 3.28. The van der Waals surface area contributed by atoms with Gasteiger partial charge in [-0.15, -0.1) is 0 Å². The Hall–Kier alpha value is -2.40. The van der Waals surface area contributed by atoms with Crippen molar-refractivity contribution in [2.75, 3.05) is 31.5 Å². The Labute approximate surface area is 141 Å². The summed E-state index contributed by atoms with van der Waals surface area (Å²) in [6.45, 7) is 2.95. The lowest BCUT2D eigenvalue weighted by Crippen LogP contribution is -2.49. The minimum absolute atomic E-state index is 0.707. The van der Waals surface area contributed by atoms with Crippen LogP contribution in [0, 0.1) is 0 Å². The van der Waals surface area contributed by atoms with Crippen LogP contribution < -0.4 is 5.32 Å². The van der Waals surface area contributed by atoms with Crippen molar-refractivity contribution in [3.63, 3.8) is 0 Å². The third-order valence-corrected chi connectivity index (χ3v) is 4.36. The summed E-state index contributed by atoms with van der Waals surface area (Å²) in [5, 5.41) is 4.07. The van der Waals surface area contributed by atoms with Gasteiger partial charge in [-0.1, -0.05) is 48.5 Å². The van der Waals surface area contributed by atoms with Gasteiger partial charge in [0.05, 0.1) is 0 Å². The summed E-state index contributed by atoms with van der Waals surface area (Å²) in [7, 11) is 0. The molecule has 3 rings (SSSR count). The number of nitrogens with zero attached hydrogens (tertiary/aromatic N) is 2. The van der Waals surface area contributed by atoms with Crippen LogP contribution in [0.3, 0.4) is 0 Å². The van der Waals surface area contributed by atoms with E-state index in [2.05, 4.69) is 28.4 Å². The van der Waals surface area contributed by atoms with E-state index in [1.165, 1.54) is 0 Å². The molecule has 2 aromatic carbocycles. The number of thiocarbonyl (C=S) groups is 1. The van der Waals surface area contributed by atoms with Crippen LogP contribution in [-0.4, -0.2) is 47.5 Å². The van der Waals surface area contributed by atoms with E-state index in [0.717, 1.165) is 36.3 Å². The zero-order valence-electron chi connectivity index (χ0n) is 12.8. The predicted molar refractivity (Wildman–Crippen MR) is 97.3 cm³/mol. The Balaban J connectivity index is 1.73. The number of hydrogen-bond donors (Lipinski definition) is 1. The van der Waals surface area contributed by atoms with Crippen molar-refractivity contribution >= 4 is 29.4 Å². The quantitative estimate of drug-likeness (QED) is 0.695. The lowest BCUT2D eigenvalue weighted by molar-refractivity contribution is -0.119. The third kappa shape index (κ3) is 3.68. The first-order chi connectivity index (χ1) is 11.3.